The number of carbonyl (C=O) groups is 3. The van der Waals surface area contributed by atoms with Crippen LogP contribution in [-0.4, -0.2) is 76.6 Å². The van der Waals surface area contributed by atoms with Crippen LogP contribution in [0.5, 0.6) is 0 Å². The number of esters is 1. The number of pyridine rings is 1. The van der Waals surface area contributed by atoms with Crippen LogP contribution in [0.15, 0.2) is 35.1 Å². The van der Waals surface area contributed by atoms with E-state index in [4.69, 9.17) is 14.6 Å². The molecule has 3 aliphatic rings. The van der Waals surface area contributed by atoms with E-state index in [2.05, 4.69) is 4.90 Å². The Hall–Kier alpha value is -3.20. The Morgan fingerprint density at radius 1 is 1.15 bits per heavy atom. The quantitative estimate of drug-likeness (QED) is 0.540. The van der Waals surface area contributed by atoms with Crippen molar-refractivity contribution in [2.24, 2.45) is 12.5 Å². The van der Waals surface area contributed by atoms with E-state index in [0.717, 1.165) is 37.0 Å². The van der Waals surface area contributed by atoms with Gasteiger partial charge in [-0.05, 0) is 44.8 Å². The SMILES string of the molecule is Cn1c(=O)cc(C(=O)N2CCC3(CC2)CC(CN2CCCC2)OC3=O)c2ccccc21.O=CO. The van der Waals surface area contributed by atoms with E-state index in [-0.39, 0.29) is 30.0 Å². The molecule has 0 saturated carbocycles. The fourth-order valence-electron chi connectivity index (χ4n) is 5.50. The lowest BCUT2D eigenvalue weighted by molar-refractivity contribution is -0.151. The third-order valence-corrected chi connectivity index (χ3v) is 7.38. The zero-order chi connectivity index (χ0) is 24.3. The predicted octanol–water partition coefficient (Wildman–Crippen LogP) is 1.87. The molecule has 1 aromatic carbocycles. The number of cyclic esters (lactones) is 1. The van der Waals surface area contributed by atoms with E-state index >= 15 is 0 Å². The molecule has 5 rings (SSSR count). The fourth-order valence-corrected chi connectivity index (χ4v) is 5.50. The highest BCUT2D eigenvalue weighted by Gasteiger charge is 2.51. The van der Waals surface area contributed by atoms with Crippen molar-refractivity contribution in [2.45, 2.75) is 38.2 Å². The number of hydrogen-bond acceptors (Lipinski definition) is 6. The first kappa shape index (κ1) is 23.9. The number of fused-ring (bicyclic) bond motifs is 1. The van der Waals surface area contributed by atoms with Gasteiger partial charge < -0.3 is 19.3 Å². The van der Waals surface area contributed by atoms with Crippen LogP contribution in [0.1, 0.15) is 42.5 Å². The topological polar surface area (TPSA) is 109 Å². The monoisotopic (exact) mass is 469 g/mol. The molecule has 1 N–H and O–H groups in total. The lowest BCUT2D eigenvalue weighted by atomic mass is 9.76. The van der Waals surface area contributed by atoms with Gasteiger partial charge in [0.2, 0.25) is 0 Å². The Bertz CT molecular complexity index is 1130. The Morgan fingerprint density at radius 3 is 2.47 bits per heavy atom. The maximum Gasteiger partial charge on any atom is 0.312 e. The molecular formula is C25H31N3O6. The number of ether oxygens (including phenoxy) is 1. The van der Waals surface area contributed by atoms with Crippen molar-refractivity contribution >= 4 is 29.3 Å². The fraction of sp³-hybridized carbons (Fsp3) is 0.520. The van der Waals surface area contributed by atoms with Crippen LogP contribution >= 0.6 is 0 Å². The van der Waals surface area contributed by atoms with Crippen LogP contribution in [0.2, 0.25) is 0 Å². The number of nitrogens with zero attached hydrogens (tertiary/aromatic N) is 3. The van der Waals surface area contributed by atoms with E-state index in [1.54, 1.807) is 16.5 Å². The lowest BCUT2D eigenvalue weighted by Gasteiger charge is -2.36. The van der Waals surface area contributed by atoms with Crippen molar-refractivity contribution in [1.29, 1.82) is 0 Å². The predicted molar refractivity (Wildman–Crippen MR) is 126 cm³/mol. The van der Waals surface area contributed by atoms with Crippen LogP contribution in [0.25, 0.3) is 10.9 Å². The van der Waals surface area contributed by atoms with Crippen molar-refractivity contribution < 1.29 is 24.2 Å². The molecule has 1 aromatic heterocycles. The van der Waals surface area contributed by atoms with Gasteiger partial charge in [0, 0.05) is 44.6 Å². The highest BCUT2D eigenvalue weighted by Crippen LogP contribution is 2.43. The first-order valence-corrected chi connectivity index (χ1v) is 11.8. The summed E-state index contributed by atoms with van der Waals surface area (Å²) >= 11 is 0. The first-order chi connectivity index (χ1) is 16.4. The van der Waals surface area contributed by atoms with Gasteiger partial charge in [0.25, 0.3) is 17.9 Å². The van der Waals surface area contributed by atoms with Crippen LogP contribution in [0.3, 0.4) is 0 Å². The van der Waals surface area contributed by atoms with Crippen molar-refractivity contribution in [2.75, 3.05) is 32.7 Å². The van der Waals surface area contributed by atoms with Crippen molar-refractivity contribution in [3.05, 3.63) is 46.2 Å². The minimum absolute atomic E-state index is 0.0334. The maximum atomic E-state index is 13.3. The van der Waals surface area contributed by atoms with E-state index in [1.807, 2.05) is 24.3 Å². The summed E-state index contributed by atoms with van der Waals surface area (Å²) in [7, 11) is 1.72. The number of hydrogen-bond donors (Lipinski definition) is 1. The minimum Gasteiger partial charge on any atom is -0.483 e. The number of carboxylic acid groups (broad SMARTS) is 1. The third-order valence-electron chi connectivity index (χ3n) is 7.38. The van der Waals surface area contributed by atoms with Gasteiger partial charge in [0.1, 0.15) is 6.10 Å². The van der Waals surface area contributed by atoms with Gasteiger partial charge in [-0.1, -0.05) is 18.2 Å². The Labute approximate surface area is 197 Å². The molecule has 3 aliphatic heterocycles. The second-order valence-electron chi connectivity index (χ2n) is 9.39. The number of amides is 1. The standard InChI is InChI=1S/C24H29N3O4.CH2O2/c1-25-20-7-3-2-6-18(20)19(14-21(25)28)22(29)27-12-8-24(9-13-27)15-17(31-23(24)30)16-26-10-4-5-11-26;2-1-3/h2-3,6-7,14,17H,4-5,8-13,15-16H2,1H3;1H,(H,2,3). The molecule has 4 heterocycles. The Morgan fingerprint density at radius 2 is 1.79 bits per heavy atom. The number of rotatable bonds is 3. The third kappa shape index (κ3) is 4.57. The number of carbonyl (C=O) groups excluding carboxylic acids is 2. The van der Waals surface area contributed by atoms with Gasteiger partial charge in [-0.15, -0.1) is 0 Å². The molecule has 34 heavy (non-hydrogen) atoms. The van der Waals surface area contributed by atoms with E-state index in [1.165, 1.54) is 18.9 Å². The second kappa shape index (κ2) is 9.97. The first-order valence-electron chi connectivity index (χ1n) is 11.8. The van der Waals surface area contributed by atoms with Gasteiger partial charge in [0.05, 0.1) is 16.5 Å². The van der Waals surface area contributed by atoms with Crippen molar-refractivity contribution in [3.63, 3.8) is 0 Å². The maximum absolute atomic E-state index is 13.3. The smallest absolute Gasteiger partial charge is 0.312 e. The van der Waals surface area contributed by atoms with Crippen LogP contribution in [0.4, 0.5) is 0 Å². The molecule has 3 fully saturated rings. The van der Waals surface area contributed by atoms with Gasteiger partial charge in [-0.3, -0.25) is 24.1 Å². The number of likely N-dealkylation sites (tertiary alicyclic amines) is 2. The highest BCUT2D eigenvalue weighted by atomic mass is 16.6. The molecule has 2 aromatic rings. The van der Waals surface area contributed by atoms with E-state index in [9.17, 15) is 14.4 Å². The normalized spacial score (nSPS) is 21.9. The molecule has 1 spiro atoms. The number of aryl methyl sites for hydroxylation is 1. The van der Waals surface area contributed by atoms with Gasteiger partial charge in [-0.25, -0.2) is 0 Å². The highest BCUT2D eigenvalue weighted by molar-refractivity contribution is 6.06. The van der Waals surface area contributed by atoms with Crippen molar-refractivity contribution in [3.8, 4) is 0 Å². The second-order valence-corrected chi connectivity index (χ2v) is 9.39. The molecule has 9 heteroatoms. The number of para-hydroxylation sites is 1. The molecule has 0 radical (unpaired) electrons. The average molecular weight is 470 g/mol. The summed E-state index contributed by atoms with van der Waals surface area (Å²) in [6.07, 6.45) is 4.40. The summed E-state index contributed by atoms with van der Waals surface area (Å²) in [6, 6.07) is 8.91. The van der Waals surface area contributed by atoms with Gasteiger partial charge in [-0.2, -0.15) is 0 Å². The summed E-state index contributed by atoms with van der Waals surface area (Å²) in [4.78, 5) is 51.0. The molecule has 1 unspecified atom stereocenters. The van der Waals surface area contributed by atoms with Crippen LogP contribution < -0.4 is 5.56 Å². The molecule has 1 atom stereocenters. The summed E-state index contributed by atoms with van der Waals surface area (Å²) in [5.41, 5.74) is 0.530. The van der Waals surface area contributed by atoms with E-state index < -0.39 is 5.41 Å². The number of piperidine rings is 1. The van der Waals surface area contributed by atoms with Gasteiger partial charge >= 0.3 is 5.97 Å². The Balaban J connectivity index is 0.000000868. The van der Waals surface area contributed by atoms with Crippen LogP contribution in [-0.2, 0) is 21.4 Å². The van der Waals surface area contributed by atoms with Gasteiger partial charge in [0.15, 0.2) is 0 Å². The molecular weight excluding hydrogens is 438 g/mol. The zero-order valence-electron chi connectivity index (χ0n) is 19.4. The minimum atomic E-state index is -0.462. The molecule has 0 bridgehead atoms. The largest absolute Gasteiger partial charge is 0.483 e. The van der Waals surface area contributed by atoms with Crippen LogP contribution in [0, 0.1) is 5.41 Å². The van der Waals surface area contributed by atoms with E-state index in [0.29, 0.717) is 31.5 Å². The molecule has 9 nitrogen and oxygen atoms in total. The molecule has 1 amide bonds. The zero-order valence-corrected chi connectivity index (χ0v) is 19.4. The lowest BCUT2D eigenvalue weighted by Crippen LogP contribution is -2.45. The molecule has 3 saturated heterocycles. The van der Waals surface area contributed by atoms with Crippen molar-refractivity contribution in [1.82, 2.24) is 14.4 Å². The summed E-state index contributed by atoms with van der Waals surface area (Å²) in [6.45, 7) is 3.78. The molecule has 0 aliphatic carbocycles. The number of benzene rings is 1. The average Bonchev–Trinajstić information content (AvgIpc) is 3.45. The number of aromatic nitrogens is 1. The Kier molecular flexibility index (Phi) is 7.02. The summed E-state index contributed by atoms with van der Waals surface area (Å²) in [5.74, 6) is -0.230. The summed E-state index contributed by atoms with van der Waals surface area (Å²) < 4.78 is 7.32. The molecule has 182 valence electrons. The summed E-state index contributed by atoms with van der Waals surface area (Å²) in [5, 5.41) is 7.67.